The highest BCUT2D eigenvalue weighted by Gasteiger charge is 2.11. The van der Waals surface area contributed by atoms with Gasteiger partial charge in [-0.2, -0.15) is 0 Å². The summed E-state index contributed by atoms with van der Waals surface area (Å²) in [6.07, 6.45) is 4.16. The van der Waals surface area contributed by atoms with Gasteiger partial charge in [-0.05, 0) is 25.0 Å². The van der Waals surface area contributed by atoms with Gasteiger partial charge in [0.25, 0.3) is 0 Å². The predicted molar refractivity (Wildman–Crippen MR) is 60.6 cm³/mol. The summed E-state index contributed by atoms with van der Waals surface area (Å²) in [5, 5.41) is 2.79. The number of hydrogen-bond donors (Lipinski definition) is 1. The Balaban J connectivity index is 2.65. The highest BCUT2D eigenvalue weighted by atomic mass is 79.9. The molecular weight excluding hydrogens is 244 g/mol. The number of rotatable bonds is 3. The second-order valence-corrected chi connectivity index (χ2v) is 4.22. The second kappa shape index (κ2) is 5.10. The van der Waals surface area contributed by atoms with E-state index in [-0.39, 0.29) is 10.7 Å². The first kappa shape index (κ1) is 11.2. The summed E-state index contributed by atoms with van der Waals surface area (Å²) >= 11 is 3.29. The zero-order chi connectivity index (χ0) is 10.6. The summed E-state index contributed by atoms with van der Waals surface area (Å²) in [5.41, 5.74) is 1.78. The Morgan fingerprint density at radius 1 is 1.64 bits per heavy atom. The van der Waals surface area contributed by atoms with Crippen molar-refractivity contribution in [2.75, 3.05) is 5.32 Å². The fourth-order valence-corrected chi connectivity index (χ4v) is 1.14. The van der Waals surface area contributed by atoms with Gasteiger partial charge in [0.1, 0.15) is 0 Å². The van der Waals surface area contributed by atoms with Crippen LogP contribution in [0.3, 0.4) is 0 Å². The van der Waals surface area contributed by atoms with Crippen LogP contribution in [0.1, 0.15) is 18.9 Å². The summed E-state index contributed by atoms with van der Waals surface area (Å²) < 4.78 is 0. The Morgan fingerprint density at radius 3 is 2.93 bits per heavy atom. The van der Waals surface area contributed by atoms with Crippen molar-refractivity contribution in [1.29, 1.82) is 0 Å². The number of hydrogen-bond acceptors (Lipinski definition) is 2. The average molecular weight is 257 g/mol. The summed E-state index contributed by atoms with van der Waals surface area (Å²) in [4.78, 5) is 15.3. The number of halogens is 1. The Kier molecular flexibility index (Phi) is 4.07. The van der Waals surface area contributed by atoms with E-state index in [0.29, 0.717) is 0 Å². The van der Waals surface area contributed by atoms with Crippen molar-refractivity contribution in [3.8, 4) is 0 Å². The van der Waals surface area contributed by atoms with Crippen molar-refractivity contribution < 1.29 is 4.79 Å². The fraction of sp³-hybridized carbons (Fsp3) is 0.400. The minimum Gasteiger partial charge on any atom is -0.324 e. The van der Waals surface area contributed by atoms with Crippen LogP contribution in [0.4, 0.5) is 5.69 Å². The number of anilines is 1. The maximum Gasteiger partial charge on any atom is 0.238 e. The zero-order valence-electron chi connectivity index (χ0n) is 8.25. The molecule has 1 aromatic heterocycles. The van der Waals surface area contributed by atoms with E-state index in [1.54, 1.807) is 12.4 Å². The summed E-state index contributed by atoms with van der Waals surface area (Å²) in [5.74, 6) is -0.0279. The van der Waals surface area contributed by atoms with Crippen molar-refractivity contribution in [1.82, 2.24) is 4.98 Å². The van der Waals surface area contributed by atoms with E-state index < -0.39 is 0 Å². The Hall–Kier alpha value is -0.900. The topological polar surface area (TPSA) is 42.0 Å². The molecule has 0 saturated carbocycles. The number of aromatic nitrogens is 1. The highest BCUT2D eigenvalue weighted by Crippen LogP contribution is 2.11. The molecule has 76 valence electrons. The van der Waals surface area contributed by atoms with Gasteiger partial charge in [0, 0.05) is 6.20 Å². The van der Waals surface area contributed by atoms with E-state index >= 15 is 0 Å². The third-order valence-corrected chi connectivity index (χ3v) is 2.85. The number of carbonyl (C=O) groups is 1. The molecule has 0 spiro atoms. The minimum absolute atomic E-state index is 0.0279. The van der Waals surface area contributed by atoms with Crippen molar-refractivity contribution in [2.45, 2.75) is 25.1 Å². The summed E-state index contributed by atoms with van der Waals surface area (Å²) in [6.45, 7) is 3.89. The third-order valence-electron chi connectivity index (χ3n) is 1.79. The lowest BCUT2D eigenvalue weighted by Gasteiger charge is -2.08. The van der Waals surface area contributed by atoms with Crippen molar-refractivity contribution in [3.63, 3.8) is 0 Å². The lowest BCUT2D eigenvalue weighted by molar-refractivity contribution is -0.115. The second-order valence-electron chi connectivity index (χ2n) is 3.12. The molecule has 1 rings (SSSR count). The third kappa shape index (κ3) is 3.10. The maximum atomic E-state index is 11.5. The molecule has 1 heterocycles. The molecule has 0 aliphatic carbocycles. The molecule has 4 heteroatoms. The number of pyridine rings is 1. The van der Waals surface area contributed by atoms with Crippen LogP contribution in [0.15, 0.2) is 18.5 Å². The largest absolute Gasteiger partial charge is 0.324 e. The molecule has 0 fully saturated rings. The average Bonchev–Trinajstić information content (AvgIpc) is 2.16. The molecule has 0 radical (unpaired) electrons. The van der Waals surface area contributed by atoms with Crippen molar-refractivity contribution >= 4 is 27.5 Å². The van der Waals surface area contributed by atoms with Crippen molar-refractivity contribution in [3.05, 3.63) is 24.0 Å². The molecule has 0 aromatic carbocycles. The molecule has 3 nitrogen and oxygen atoms in total. The quantitative estimate of drug-likeness (QED) is 0.845. The summed E-state index contributed by atoms with van der Waals surface area (Å²) in [7, 11) is 0. The van der Waals surface area contributed by atoms with Gasteiger partial charge >= 0.3 is 0 Å². The lowest BCUT2D eigenvalue weighted by atomic mass is 10.2. The number of nitrogens with zero attached hydrogens (tertiary/aromatic N) is 1. The van der Waals surface area contributed by atoms with Crippen LogP contribution in [0.2, 0.25) is 0 Å². The monoisotopic (exact) mass is 256 g/mol. The van der Waals surface area contributed by atoms with E-state index in [9.17, 15) is 4.79 Å². The van der Waals surface area contributed by atoms with Crippen LogP contribution in [0, 0.1) is 6.92 Å². The fourth-order valence-electron chi connectivity index (χ4n) is 1.03. The Morgan fingerprint density at radius 2 is 2.36 bits per heavy atom. The van der Waals surface area contributed by atoms with E-state index in [1.807, 2.05) is 19.9 Å². The van der Waals surface area contributed by atoms with Gasteiger partial charge in [-0.1, -0.05) is 22.9 Å². The van der Waals surface area contributed by atoms with E-state index in [4.69, 9.17) is 0 Å². The predicted octanol–water partition coefficient (Wildman–Crippen LogP) is 2.50. The number of amides is 1. The van der Waals surface area contributed by atoms with Crippen LogP contribution in [-0.4, -0.2) is 15.7 Å². The maximum absolute atomic E-state index is 11.5. The molecule has 0 aliphatic heterocycles. The molecule has 0 saturated heterocycles. The molecule has 1 unspecified atom stereocenters. The first-order chi connectivity index (χ1) is 6.63. The number of aryl methyl sites for hydroxylation is 1. The minimum atomic E-state index is -0.136. The first-order valence-corrected chi connectivity index (χ1v) is 5.41. The van der Waals surface area contributed by atoms with Gasteiger partial charge < -0.3 is 5.32 Å². The van der Waals surface area contributed by atoms with E-state index in [2.05, 4.69) is 26.2 Å². The molecule has 1 atom stereocenters. The Bertz CT molecular complexity index is 328. The van der Waals surface area contributed by atoms with Crippen LogP contribution in [0.25, 0.3) is 0 Å². The molecule has 0 aliphatic rings. The number of nitrogens with one attached hydrogen (secondary N) is 1. The van der Waals surface area contributed by atoms with Crippen molar-refractivity contribution in [2.24, 2.45) is 0 Å². The van der Waals surface area contributed by atoms with Gasteiger partial charge in [0.2, 0.25) is 5.91 Å². The first-order valence-electron chi connectivity index (χ1n) is 4.50. The van der Waals surface area contributed by atoms with E-state index in [0.717, 1.165) is 17.7 Å². The standard InChI is InChI=1S/C10H13BrN2O/c1-3-9(11)10(14)13-8-4-7(2)5-12-6-8/h4-6,9H,3H2,1-2H3,(H,13,14). The van der Waals surface area contributed by atoms with Crippen LogP contribution in [-0.2, 0) is 4.79 Å². The highest BCUT2D eigenvalue weighted by molar-refractivity contribution is 9.10. The number of carbonyl (C=O) groups excluding carboxylic acids is 1. The van der Waals surface area contributed by atoms with E-state index in [1.165, 1.54) is 0 Å². The smallest absolute Gasteiger partial charge is 0.238 e. The van der Waals surface area contributed by atoms with Gasteiger partial charge in [0.15, 0.2) is 0 Å². The van der Waals surface area contributed by atoms with Crippen LogP contribution in [0.5, 0.6) is 0 Å². The molecule has 0 bridgehead atoms. The molecule has 1 aromatic rings. The van der Waals surface area contributed by atoms with Crippen LogP contribution >= 0.6 is 15.9 Å². The van der Waals surface area contributed by atoms with Gasteiger partial charge in [-0.3, -0.25) is 9.78 Å². The molecule has 14 heavy (non-hydrogen) atoms. The molecular formula is C10H13BrN2O. The summed E-state index contributed by atoms with van der Waals surface area (Å²) in [6, 6.07) is 1.89. The lowest BCUT2D eigenvalue weighted by Crippen LogP contribution is -2.22. The molecule has 1 amide bonds. The van der Waals surface area contributed by atoms with Gasteiger partial charge in [0.05, 0.1) is 16.7 Å². The zero-order valence-corrected chi connectivity index (χ0v) is 9.84. The SMILES string of the molecule is CCC(Br)C(=O)Nc1cncc(C)c1. The Labute approximate surface area is 92.1 Å². The molecule has 1 N–H and O–H groups in total. The van der Waals surface area contributed by atoms with Crippen LogP contribution < -0.4 is 5.32 Å². The normalized spacial score (nSPS) is 12.2. The number of alkyl halides is 1. The van der Waals surface area contributed by atoms with Gasteiger partial charge in [-0.25, -0.2) is 0 Å². The van der Waals surface area contributed by atoms with Gasteiger partial charge in [-0.15, -0.1) is 0 Å².